The van der Waals surface area contributed by atoms with E-state index in [2.05, 4.69) is 28.0 Å². The lowest BCUT2D eigenvalue weighted by atomic mass is 9.89. The Labute approximate surface area is 177 Å². The number of carboxylic acids is 1. The maximum Gasteiger partial charge on any atom is 0.303 e. The number of nitrogens with zero attached hydrogens (tertiary/aromatic N) is 2. The summed E-state index contributed by atoms with van der Waals surface area (Å²) >= 11 is 0. The maximum absolute atomic E-state index is 10.9. The first-order chi connectivity index (χ1) is 14.6. The van der Waals surface area contributed by atoms with Crippen LogP contribution in [-0.4, -0.2) is 20.9 Å². The van der Waals surface area contributed by atoms with Crippen molar-refractivity contribution < 1.29 is 14.6 Å². The van der Waals surface area contributed by atoms with E-state index < -0.39 is 5.97 Å². The SMILES string of the molecule is CC(CC(=O)O)c1ccc(OCc2ccc3c(cnn3CC3CCCCC3)c2)cc1. The second-order valence-corrected chi connectivity index (χ2v) is 8.58. The molecule has 0 aliphatic heterocycles. The Bertz CT molecular complexity index is 987. The summed E-state index contributed by atoms with van der Waals surface area (Å²) in [7, 11) is 0. The Morgan fingerprint density at radius 3 is 2.67 bits per heavy atom. The van der Waals surface area contributed by atoms with Crippen LogP contribution in [0.2, 0.25) is 0 Å². The van der Waals surface area contributed by atoms with Gasteiger partial charge in [-0.15, -0.1) is 0 Å². The van der Waals surface area contributed by atoms with Crippen molar-refractivity contribution in [2.24, 2.45) is 5.92 Å². The summed E-state index contributed by atoms with van der Waals surface area (Å²) in [4.78, 5) is 10.9. The van der Waals surface area contributed by atoms with E-state index in [1.54, 1.807) is 0 Å². The molecule has 1 N–H and O–H groups in total. The van der Waals surface area contributed by atoms with Crippen LogP contribution < -0.4 is 4.74 Å². The highest BCUT2D eigenvalue weighted by Crippen LogP contribution is 2.27. The zero-order valence-corrected chi connectivity index (χ0v) is 17.6. The van der Waals surface area contributed by atoms with Gasteiger partial charge in [0.25, 0.3) is 0 Å². The lowest BCUT2D eigenvalue weighted by Gasteiger charge is -2.21. The van der Waals surface area contributed by atoms with Crippen molar-refractivity contribution in [3.8, 4) is 5.75 Å². The average molecular weight is 407 g/mol. The number of ether oxygens (including phenoxy) is 1. The van der Waals surface area contributed by atoms with Gasteiger partial charge in [-0.1, -0.05) is 44.4 Å². The van der Waals surface area contributed by atoms with Crippen LogP contribution in [0.4, 0.5) is 0 Å². The van der Waals surface area contributed by atoms with Crippen LogP contribution in [0.1, 0.15) is 62.5 Å². The zero-order chi connectivity index (χ0) is 20.9. The first kappa shape index (κ1) is 20.5. The standard InChI is InChI=1S/C25H30N2O3/c1-18(13-25(28)29)21-8-10-23(11-9-21)30-17-20-7-12-24-22(14-20)15-26-27(24)16-19-5-3-2-4-6-19/h7-12,14-15,18-19H,2-6,13,16-17H2,1H3,(H,28,29). The van der Waals surface area contributed by atoms with Gasteiger partial charge in [-0.05, 0) is 60.1 Å². The molecule has 1 aromatic heterocycles. The summed E-state index contributed by atoms with van der Waals surface area (Å²) in [5.41, 5.74) is 3.32. The second kappa shape index (κ2) is 9.33. The molecule has 1 unspecified atom stereocenters. The van der Waals surface area contributed by atoms with Crippen LogP contribution in [0.25, 0.3) is 10.9 Å². The van der Waals surface area contributed by atoms with Gasteiger partial charge in [0.15, 0.2) is 0 Å². The minimum absolute atomic E-state index is 0.0101. The summed E-state index contributed by atoms with van der Waals surface area (Å²) in [5.74, 6) is 0.754. The number of fused-ring (bicyclic) bond motifs is 1. The highest BCUT2D eigenvalue weighted by atomic mass is 16.5. The van der Waals surface area contributed by atoms with Crippen molar-refractivity contribution in [2.75, 3.05) is 0 Å². The van der Waals surface area contributed by atoms with Gasteiger partial charge in [0.2, 0.25) is 0 Å². The molecule has 1 aliphatic rings. The van der Waals surface area contributed by atoms with Crippen molar-refractivity contribution in [2.45, 2.75) is 64.5 Å². The molecule has 5 nitrogen and oxygen atoms in total. The van der Waals surface area contributed by atoms with Crippen molar-refractivity contribution in [1.82, 2.24) is 9.78 Å². The van der Waals surface area contributed by atoms with E-state index in [9.17, 15) is 4.79 Å². The minimum Gasteiger partial charge on any atom is -0.489 e. The third-order valence-corrected chi connectivity index (χ3v) is 6.20. The lowest BCUT2D eigenvalue weighted by molar-refractivity contribution is -0.137. The Morgan fingerprint density at radius 1 is 1.17 bits per heavy atom. The zero-order valence-electron chi connectivity index (χ0n) is 17.6. The third-order valence-electron chi connectivity index (χ3n) is 6.20. The number of carbonyl (C=O) groups is 1. The summed E-state index contributed by atoms with van der Waals surface area (Å²) in [6, 6.07) is 14.1. The molecule has 4 rings (SSSR count). The lowest BCUT2D eigenvalue weighted by Crippen LogP contribution is -2.14. The number of hydrogen-bond acceptors (Lipinski definition) is 3. The van der Waals surface area contributed by atoms with Gasteiger partial charge in [-0.25, -0.2) is 0 Å². The molecule has 3 aromatic rings. The first-order valence-corrected chi connectivity index (χ1v) is 11.0. The molecule has 1 saturated carbocycles. The number of hydrogen-bond donors (Lipinski definition) is 1. The van der Waals surface area contributed by atoms with Gasteiger partial charge in [-0.3, -0.25) is 9.48 Å². The molecular weight excluding hydrogens is 376 g/mol. The molecule has 30 heavy (non-hydrogen) atoms. The van der Waals surface area contributed by atoms with E-state index in [1.165, 1.54) is 37.6 Å². The van der Waals surface area contributed by atoms with Crippen molar-refractivity contribution >= 4 is 16.9 Å². The van der Waals surface area contributed by atoms with E-state index in [0.29, 0.717) is 6.61 Å². The van der Waals surface area contributed by atoms with Crippen LogP contribution in [0.5, 0.6) is 5.75 Å². The van der Waals surface area contributed by atoms with E-state index in [0.717, 1.165) is 34.7 Å². The molecule has 0 saturated heterocycles. The molecule has 2 aromatic carbocycles. The van der Waals surface area contributed by atoms with Crippen molar-refractivity contribution in [1.29, 1.82) is 0 Å². The molecule has 1 aliphatic carbocycles. The van der Waals surface area contributed by atoms with Gasteiger partial charge in [0.05, 0.1) is 18.1 Å². The van der Waals surface area contributed by atoms with Gasteiger partial charge >= 0.3 is 5.97 Å². The number of aromatic nitrogens is 2. The number of rotatable bonds is 8. The van der Waals surface area contributed by atoms with Crippen molar-refractivity contribution in [3.63, 3.8) is 0 Å². The third kappa shape index (κ3) is 5.02. The summed E-state index contributed by atoms with van der Waals surface area (Å²) in [6.45, 7) is 3.44. The highest BCUT2D eigenvalue weighted by molar-refractivity contribution is 5.79. The molecular formula is C25H30N2O3. The molecule has 1 atom stereocenters. The second-order valence-electron chi connectivity index (χ2n) is 8.58. The van der Waals surface area contributed by atoms with Gasteiger partial charge in [-0.2, -0.15) is 5.10 Å². The van der Waals surface area contributed by atoms with Crippen LogP contribution in [-0.2, 0) is 17.9 Å². The first-order valence-electron chi connectivity index (χ1n) is 11.0. The summed E-state index contributed by atoms with van der Waals surface area (Å²) in [5, 5.41) is 14.7. The molecule has 0 radical (unpaired) electrons. The van der Waals surface area contributed by atoms with Crippen LogP contribution in [0.3, 0.4) is 0 Å². The van der Waals surface area contributed by atoms with E-state index in [4.69, 9.17) is 9.84 Å². The van der Waals surface area contributed by atoms with E-state index in [1.807, 2.05) is 37.4 Å². The Morgan fingerprint density at radius 2 is 1.93 bits per heavy atom. The number of carboxylic acid groups (broad SMARTS) is 1. The summed E-state index contributed by atoms with van der Waals surface area (Å²) in [6.07, 6.45) is 8.82. The van der Waals surface area contributed by atoms with Crippen LogP contribution in [0, 0.1) is 5.92 Å². The summed E-state index contributed by atoms with van der Waals surface area (Å²) < 4.78 is 8.10. The van der Waals surface area contributed by atoms with E-state index >= 15 is 0 Å². The normalized spacial score (nSPS) is 15.9. The average Bonchev–Trinajstić information content (AvgIpc) is 3.15. The van der Waals surface area contributed by atoms with E-state index in [-0.39, 0.29) is 12.3 Å². The van der Waals surface area contributed by atoms with Gasteiger partial charge in [0.1, 0.15) is 12.4 Å². The van der Waals surface area contributed by atoms with Crippen LogP contribution >= 0.6 is 0 Å². The minimum atomic E-state index is -0.778. The number of benzene rings is 2. The fourth-order valence-electron chi connectivity index (χ4n) is 4.43. The molecule has 1 heterocycles. The quantitative estimate of drug-likeness (QED) is 0.515. The molecule has 0 amide bonds. The smallest absolute Gasteiger partial charge is 0.303 e. The Hall–Kier alpha value is -2.82. The Kier molecular flexibility index (Phi) is 6.36. The van der Waals surface area contributed by atoms with Crippen LogP contribution in [0.15, 0.2) is 48.7 Å². The Balaban J connectivity index is 1.36. The molecule has 0 bridgehead atoms. The molecule has 1 fully saturated rings. The molecule has 5 heteroatoms. The topological polar surface area (TPSA) is 64.3 Å². The monoisotopic (exact) mass is 406 g/mol. The maximum atomic E-state index is 10.9. The predicted molar refractivity (Wildman–Crippen MR) is 118 cm³/mol. The highest BCUT2D eigenvalue weighted by Gasteiger charge is 2.15. The fraction of sp³-hybridized carbons (Fsp3) is 0.440. The van der Waals surface area contributed by atoms with Gasteiger partial charge in [0, 0.05) is 11.9 Å². The van der Waals surface area contributed by atoms with Gasteiger partial charge < -0.3 is 9.84 Å². The van der Waals surface area contributed by atoms with Crippen molar-refractivity contribution in [3.05, 3.63) is 59.8 Å². The predicted octanol–water partition coefficient (Wildman–Crippen LogP) is 5.77. The fourth-order valence-corrected chi connectivity index (χ4v) is 4.43. The largest absolute Gasteiger partial charge is 0.489 e. The molecule has 0 spiro atoms. The number of aliphatic carboxylic acids is 1. The molecule has 158 valence electrons.